The van der Waals surface area contributed by atoms with Crippen molar-refractivity contribution in [2.45, 2.75) is 25.7 Å². The minimum absolute atomic E-state index is 0.144. The molecule has 0 heterocycles. The Kier molecular flexibility index (Phi) is 9.54. The fourth-order valence-electron chi connectivity index (χ4n) is 2.36. The van der Waals surface area contributed by atoms with Crippen LogP contribution in [0, 0.1) is 12.3 Å². The molecule has 0 spiro atoms. The van der Waals surface area contributed by atoms with E-state index < -0.39 is 0 Å². The topological polar surface area (TPSA) is 56.7 Å². The summed E-state index contributed by atoms with van der Waals surface area (Å²) in [6.45, 7) is 4.77. The molecule has 0 aliphatic heterocycles. The summed E-state index contributed by atoms with van der Waals surface area (Å²) in [5.74, 6) is 3.11. The molecule has 0 radical (unpaired) electrons. The number of nitrogens with zero attached hydrogens (tertiary/aromatic N) is 2. The van der Waals surface area contributed by atoms with Crippen LogP contribution >= 0.6 is 0 Å². The first-order valence-electron chi connectivity index (χ1n) is 8.50. The first-order chi connectivity index (χ1) is 12.1. The summed E-state index contributed by atoms with van der Waals surface area (Å²) >= 11 is 0. The Morgan fingerprint density at radius 2 is 2.20 bits per heavy atom. The van der Waals surface area contributed by atoms with E-state index in [2.05, 4.69) is 28.1 Å². The number of hydrogen-bond donors (Lipinski definition) is 2. The van der Waals surface area contributed by atoms with Crippen molar-refractivity contribution in [2.75, 3.05) is 32.5 Å². The molecule has 1 rings (SSSR count). The fraction of sp³-hybridized carbons (Fsp3) is 0.400. The lowest BCUT2D eigenvalue weighted by Crippen LogP contribution is -2.42. The van der Waals surface area contributed by atoms with E-state index in [0.29, 0.717) is 11.6 Å². The number of rotatable bonds is 9. The van der Waals surface area contributed by atoms with Gasteiger partial charge in [0.05, 0.1) is 6.54 Å². The molecule has 0 aromatic heterocycles. The zero-order chi connectivity index (χ0) is 18.5. The van der Waals surface area contributed by atoms with Crippen molar-refractivity contribution >= 4 is 17.6 Å². The van der Waals surface area contributed by atoms with Gasteiger partial charge in [-0.25, -0.2) is 0 Å². The van der Waals surface area contributed by atoms with E-state index in [4.69, 9.17) is 6.42 Å². The number of allylic oxidation sites excluding steroid dienone is 1. The number of carbonyl (C=O) groups is 1. The van der Waals surface area contributed by atoms with Crippen molar-refractivity contribution in [2.24, 2.45) is 4.99 Å². The zero-order valence-electron chi connectivity index (χ0n) is 15.2. The van der Waals surface area contributed by atoms with Gasteiger partial charge in [0, 0.05) is 31.9 Å². The number of aliphatic imine (C=N–C) groups is 1. The molecule has 0 fully saturated rings. The van der Waals surface area contributed by atoms with Crippen LogP contribution in [0.25, 0.3) is 0 Å². The Bertz CT molecular complexity index is 631. The van der Waals surface area contributed by atoms with E-state index in [1.807, 2.05) is 36.2 Å². The van der Waals surface area contributed by atoms with Gasteiger partial charge in [0.1, 0.15) is 0 Å². The lowest BCUT2D eigenvalue weighted by atomic mass is 10.2. The Hall–Kier alpha value is -2.74. The summed E-state index contributed by atoms with van der Waals surface area (Å²) < 4.78 is 0. The minimum Gasteiger partial charge on any atom is -0.347 e. The normalized spacial score (nSPS) is 10.7. The zero-order valence-corrected chi connectivity index (χ0v) is 15.2. The lowest BCUT2D eigenvalue weighted by Gasteiger charge is -2.21. The van der Waals surface area contributed by atoms with Crippen LogP contribution in [0.3, 0.4) is 0 Å². The second kappa shape index (κ2) is 11.7. The van der Waals surface area contributed by atoms with Crippen molar-refractivity contribution in [1.29, 1.82) is 0 Å². The van der Waals surface area contributed by atoms with Gasteiger partial charge >= 0.3 is 0 Å². The lowest BCUT2D eigenvalue weighted by molar-refractivity contribution is -0.115. The van der Waals surface area contributed by atoms with Gasteiger partial charge in [-0.05, 0) is 37.5 Å². The number of carbonyl (C=O) groups excluding carboxylic acids is 1. The van der Waals surface area contributed by atoms with Crippen molar-refractivity contribution in [3.63, 3.8) is 0 Å². The van der Waals surface area contributed by atoms with Gasteiger partial charge in [0.2, 0.25) is 5.91 Å². The van der Waals surface area contributed by atoms with E-state index in [9.17, 15) is 4.79 Å². The highest BCUT2D eigenvalue weighted by atomic mass is 16.1. The Morgan fingerprint density at radius 3 is 2.88 bits per heavy atom. The summed E-state index contributed by atoms with van der Waals surface area (Å²) in [4.78, 5) is 18.3. The van der Waals surface area contributed by atoms with Crippen LogP contribution in [-0.2, 0) is 4.79 Å². The molecule has 25 heavy (non-hydrogen) atoms. The van der Waals surface area contributed by atoms with E-state index in [1.54, 1.807) is 13.1 Å². The molecule has 0 aliphatic carbocycles. The second-order valence-corrected chi connectivity index (χ2v) is 5.73. The van der Waals surface area contributed by atoms with Crippen molar-refractivity contribution in [3.05, 3.63) is 42.5 Å². The fourth-order valence-corrected chi connectivity index (χ4v) is 2.36. The molecule has 0 saturated heterocycles. The molecule has 1 aromatic carbocycles. The maximum atomic E-state index is 12.1. The number of terminal acetylenes is 1. The highest BCUT2D eigenvalue weighted by Gasteiger charge is 2.08. The van der Waals surface area contributed by atoms with Crippen LogP contribution in [0.4, 0.5) is 5.69 Å². The van der Waals surface area contributed by atoms with Gasteiger partial charge in [-0.3, -0.25) is 9.79 Å². The highest BCUT2D eigenvalue weighted by molar-refractivity contribution is 5.95. The largest absolute Gasteiger partial charge is 0.347 e. The average Bonchev–Trinajstić information content (AvgIpc) is 2.62. The van der Waals surface area contributed by atoms with Crippen molar-refractivity contribution in [1.82, 2.24) is 10.2 Å². The third kappa shape index (κ3) is 8.07. The highest BCUT2D eigenvalue weighted by Crippen LogP contribution is 2.09. The third-order valence-corrected chi connectivity index (χ3v) is 3.70. The number of hydrogen-bond acceptors (Lipinski definition) is 2. The molecule has 0 saturated carbocycles. The first kappa shape index (κ1) is 20.3. The van der Waals surface area contributed by atoms with E-state index in [1.165, 1.54) is 0 Å². The van der Waals surface area contributed by atoms with Gasteiger partial charge < -0.3 is 15.5 Å². The molecule has 5 nitrogen and oxygen atoms in total. The van der Waals surface area contributed by atoms with Gasteiger partial charge in [0.15, 0.2) is 5.96 Å². The van der Waals surface area contributed by atoms with Crippen molar-refractivity contribution in [3.8, 4) is 12.3 Å². The van der Waals surface area contributed by atoms with Crippen LogP contribution in [-0.4, -0.2) is 44.0 Å². The molecule has 1 aromatic rings. The predicted octanol–water partition coefficient (Wildman–Crippen LogP) is 2.86. The summed E-state index contributed by atoms with van der Waals surface area (Å²) in [6, 6.07) is 7.21. The van der Waals surface area contributed by atoms with E-state index >= 15 is 0 Å². The van der Waals surface area contributed by atoms with Crippen LogP contribution < -0.4 is 10.6 Å². The SMILES string of the molecule is C#Cc1cccc(NC(=O)CNC(=NC)N(C)CCCCCC=C)c1. The van der Waals surface area contributed by atoms with Crippen LogP contribution in [0.5, 0.6) is 0 Å². The number of unbranched alkanes of at least 4 members (excludes halogenated alkanes) is 3. The summed E-state index contributed by atoms with van der Waals surface area (Å²) in [7, 11) is 3.68. The quantitative estimate of drug-likeness (QED) is 0.239. The van der Waals surface area contributed by atoms with Crippen molar-refractivity contribution < 1.29 is 4.79 Å². The molecular formula is C20H28N4O. The minimum atomic E-state index is -0.144. The number of amides is 1. The van der Waals surface area contributed by atoms with Gasteiger partial charge in [-0.2, -0.15) is 0 Å². The van der Waals surface area contributed by atoms with Gasteiger partial charge in [0.25, 0.3) is 0 Å². The van der Waals surface area contributed by atoms with Gasteiger partial charge in [-0.1, -0.05) is 24.5 Å². The molecule has 0 aliphatic rings. The Balaban J connectivity index is 2.38. The summed E-state index contributed by atoms with van der Waals surface area (Å²) in [5, 5.41) is 5.90. The Labute approximate surface area is 151 Å². The molecule has 134 valence electrons. The van der Waals surface area contributed by atoms with E-state index in [0.717, 1.165) is 37.8 Å². The number of benzene rings is 1. The molecule has 0 bridgehead atoms. The maximum Gasteiger partial charge on any atom is 0.243 e. The van der Waals surface area contributed by atoms with Crippen LogP contribution in [0.15, 0.2) is 41.9 Å². The number of guanidine groups is 1. The molecule has 1 amide bonds. The smallest absolute Gasteiger partial charge is 0.243 e. The molecule has 2 N–H and O–H groups in total. The predicted molar refractivity (Wildman–Crippen MR) is 106 cm³/mol. The number of nitrogens with one attached hydrogen (secondary N) is 2. The average molecular weight is 340 g/mol. The standard InChI is InChI=1S/C20H28N4O/c1-5-7-8-9-10-14-24(4)20(21-3)22-16-19(25)23-18-13-11-12-17(6-2)15-18/h2,5,11-13,15H,1,7-10,14,16H2,3-4H3,(H,21,22)(H,23,25). The Morgan fingerprint density at radius 1 is 1.40 bits per heavy atom. The maximum absolute atomic E-state index is 12.1. The molecule has 5 heteroatoms. The molecule has 0 unspecified atom stereocenters. The molecular weight excluding hydrogens is 312 g/mol. The second-order valence-electron chi connectivity index (χ2n) is 5.73. The molecule has 0 atom stereocenters. The summed E-state index contributed by atoms with van der Waals surface area (Å²) in [5.41, 5.74) is 1.42. The number of anilines is 1. The summed E-state index contributed by atoms with van der Waals surface area (Å²) in [6.07, 6.45) is 11.8. The van der Waals surface area contributed by atoms with Gasteiger partial charge in [-0.15, -0.1) is 13.0 Å². The third-order valence-electron chi connectivity index (χ3n) is 3.70. The van der Waals surface area contributed by atoms with Crippen LogP contribution in [0.1, 0.15) is 31.2 Å². The van der Waals surface area contributed by atoms with E-state index in [-0.39, 0.29) is 12.5 Å². The van der Waals surface area contributed by atoms with Crippen LogP contribution in [0.2, 0.25) is 0 Å². The monoisotopic (exact) mass is 340 g/mol. The first-order valence-corrected chi connectivity index (χ1v) is 8.50.